The van der Waals surface area contributed by atoms with Crippen LogP contribution in [0.5, 0.6) is 0 Å². The number of hydrogen-bond donors (Lipinski definition) is 2. The Bertz CT molecular complexity index is 1300. The van der Waals surface area contributed by atoms with Gasteiger partial charge in [-0.15, -0.1) is 0 Å². The van der Waals surface area contributed by atoms with Crippen LogP contribution in [0.2, 0.25) is 0 Å². The third-order valence-electron chi connectivity index (χ3n) is 3.98. The van der Waals surface area contributed by atoms with Crippen LogP contribution in [0.4, 0.5) is 11.6 Å². The molecule has 0 aliphatic carbocycles. The number of benzene rings is 1. The maximum atomic E-state index is 12.4. The molecule has 0 radical (unpaired) electrons. The number of nitrogens with one attached hydrogen (secondary N) is 2. The minimum absolute atomic E-state index is 0.00705. The third kappa shape index (κ3) is 5.13. The Balaban J connectivity index is 1.40. The summed E-state index contributed by atoms with van der Waals surface area (Å²) in [7, 11) is -3.85. The number of aromatic nitrogens is 6. The first-order valence-corrected chi connectivity index (χ1v) is 11.1. The standard InChI is InChI=1S/C18H15BrN8O3S/c19-13-10-22-27(11-13)12-26-9-6-16(24-26)17(28)23-14-2-4-15(5-3-14)31(29,30)25-18-20-7-1-8-21-18/h1-11H,12H2,(H,23,28)(H,20,21,25). The van der Waals surface area contributed by atoms with E-state index in [2.05, 4.69) is 46.1 Å². The summed E-state index contributed by atoms with van der Waals surface area (Å²) < 4.78 is 31.2. The molecule has 3 heterocycles. The summed E-state index contributed by atoms with van der Waals surface area (Å²) in [5.74, 6) is -0.454. The second-order valence-corrected chi connectivity index (χ2v) is 8.83. The number of carbonyl (C=O) groups excluding carboxylic acids is 1. The molecule has 0 saturated heterocycles. The highest BCUT2D eigenvalue weighted by atomic mass is 79.9. The van der Waals surface area contributed by atoms with E-state index in [9.17, 15) is 13.2 Å². The van der Waals surface area contributed by atoms with E-state index in [-0.39, 0.29) is 16.5 Å². The van der Waals surface area contributed by atoms with Crippen LogP contribution in [0.25, 0.3) is 0 Å². The Labute approximate surface area is 185 Å². The van der Waals surface area contributed by atoms with Gasteiger partial charge < -0.3 is 5.32 Å². The van der Waals surface area contributed by atoms with Gasteiger partial charge in [0.15, 0.2) is 5.69 Å². The largest absolute Gasteiger partial charge is 0.321 e. The molecule has 0 saturated carbocycles. The SMILES string of the molecule is O=C(Nc1ccc(S(=O)(=O)Nc2ncccn2)cc1)c1ccn(Cn2cc(Br)cn2)n1. The average Bonchev–Trinajstić information content (AvgIpc) is 3.38. The molecule has 13 heteroatoms. The Morgan fingerprint density at radius 3 is 2.48 bits per heavy atom. The minimum Gasteiger partial charge on any atom is -0.321 e. The number of rotatable bonds is 7. The number of amides is 1. The van der Waals surface area contributed by atoms with E-state index in [1.165, 1.54) is 36.7 Å². The number of nitrogens with zero attached hydrogens (tertiary/aromatic N) is 6. The van der Waals surface area contributed by atoms with E-state index in [0.717, 1.165) is 4.47 Å². The molecule has 1 aromatic carbocycles. The van der Waals surface area contributed by atoms with Crippen LogP contribution in [-0.4, -0.2) is 43.9 Å². The van der Waals surface area contributed by atoms with E-state index in [1.807, 2.05) is 0 Å². The van der Waals surface area contributed by atoms with Crippen molar-refractivity contribution in [2.45, 2.75) is 11.6 Å². The van der Waals surface area contributed by atoms with Crippen LogP contribution < -0.4 is 10.0 Å². The van der Waals surface area contributed by atoms with Crippen LogP contribution in [0.15, 0.2) is 76.8 Å². The maximum absolute atomic E-state index is 12.4. The van der Waals surface area contributed by atoms with Gasteiger partial charge in [0.05, 0.1) is 15.6 Å². The molecule has 0 spiro atoms. The predicted molar refractivity (Wildman–Crippen MR) is 115 cm³/mol. The number of carbonyl (C=O) groups is 1. The highest BCUT2D eigenvalue weighted by molar-refractivity contribution is 9.10. The fourth-order valence-electron chi connectivity index (χ4n) is 2.57. The van der Waals surface area contributed by atoms with Crippen LogP contribution in [0.1, 0.15) is 10.5 Å². The second-order valence-electron chi connectivity index (χ2n) is 6.24. The van der Waals surface area contributed by atoms with E-state index in [0.29, 0.717) is 12.4 Å². The first-order chi connectivity index (χ1) is 14.9. The zero-order chi connectivity index (χ0) is 21.8. The van der Waals surface area contributed by atoms with Gasteiger partial charge in [0.1, 0.15) is 6.67 Å². The van der Waals surface area contributed by atoms with Crippen molar-refractivity contribution in [3.63, 3.8) is 0 Å². The molecular formula is C18H15BrN8O3S. The Morgan fingerprint density at radius 2 is 1.81 bits per heavy atom. The van der Waals surface area contributed by atoms with E-state index in [1.54, 1.807) is 40.1 Å². The van der Waals surface area contributed by atoms with Crippen molar-refractivity contribution < 1.29 is 13.2 Å². The lowest BCUT2D eigenvalue weighted by Gasteiger charge is -2.08. The van der Waals surface area contributed by atoms with Crippen LogP contribution in [0.3, 0.4) is 0 Å². The van der Waals surface area contributed by atoms with Gasteiger partial charge in [-0.3, -0.25) is 9.48 Å². The highest BCUT2D eigenvalue weighted by Crippen LogP contribution is 2.17. The molecule has 2 N–H and O–H groups in total. The van der Waals surface area contributed by atoms with Crippen molar-refractivity contribution in [1.29, 1.82) is 0 Å². The molecule has 0 fully saturated rings. The van der Waals surface area contributed by atoms with Crippen LogP contribution >= 0.6 is 15.9 Å². The Kier molecular flexibility index (Phi) is 5.77. The van der Waals surface area contributed by atoms with Gasteiger partial charge in [-0.2, -0.15) is 10.2 Å². The molecule has 31 heavy (non-hydrogen) atoms. The summed E-state index contributed by atoms with van der Waals surface area (Å²) in [4.78, 5) is 20.1. The molecule has 0 aliphatic rings. The summed E-state index contributed by atoms with van der Waals surface area (Å²) in [6.45, 7) is 0.351. The fraction of sp³-hybridized carbons (Fsp3) is 0.0556. The Hall–Kier alpha value is -3.58. The van der Waals surface area contributed by atoms with Crippen LogP contribution in [0, 0.1) is 0 Å². The van der Waals surface area contributed by atoms with Gasteiger partial charge in [-0.25, -0.2) is 27.8 Å². The molecule has 4 rings (SSSR count). The summed E-state index contributed by atoms with van der Waals surface area (Å²) in [6, 6.07) is 8.86. The van der Waals surface area contributed by atoms with Gasteiger partial charge in [0, 0.05) is 30.5 Å². The van der Waals surface area contributed by atoms with Gasteiger partial charge in [-0.1, -0.05) is 0 Å². The summed E-state index contributed by atoms with van der Waals surface area (Å²) in [5, 5.41) is 11.0. The lowest BCUT2D eigenvalue weighted by atomic mass is 10.3. The lowest BCUT2D eigenvalue weighted by molar-refractivity contribution is 0.102. The van der Waals surface area contributed by atoms with Gasteiger partial charge in [-0.05, 0) is 52.3 Å². The maximum Gasteiger partial charge on any atom is 0.276 e. The smallest absolute Gasteiger partial charge is 0.276 e. The van der Waals surface area contributed by atoms with Crippen LogP contribution in [-0.2, 0) is 16.7 Å². The molecular weight excluding hydrogens is 488 g/mol. The van der Waals surface area contributed by atoms with Crippen molar-refractivity contribution in [2.75, 3.05) is 10.0 Å². The molecule has 0 bridgehead atoms. The van der Waals surface area contributed by atoms with Crippen molar-refractivity contribution in [1.82, 2.24) is 29.5 Å². The lowest BCUT2D eigenvalue weighted by Crippen LogP contribution is -2.16. The molecule has 0 atom stereocenters. The first kappa shape index (κ1) is 20.7. The molecule has 0 unspecified atom stereocenters. The number of halogens is 1. The fourth-order valence-corrected chi connectivity index (χ4v) is 3.86. The second kappa shape index (κ2) is 8.65. The number of sulfonamides is 1. The van der Waals surface area contributed by atoms with E-state index >= 15 is 0 Å². The molecule has 11 nitrogen and oxygen atoms in total. The first-order valence-electron chi connectivity index (χ1n) is 8.82. The molecule has 158 valence electrons. The zero-order valence-corrected chi connectivity index (χ0v) is 18.2. The normalized spacial score (nSPS) is 11.3. The van der Waals surface area contributed by atoms with E-state index in [4.69, 9.17) is 0 Å². The van der Waals surface area contributed by atoms with Gasteiger partial charge in [0.2, 0.25) is 5.95 Å². The topological polar surface area (TPSA) is 137 Å². The summed E-state index contributed by atoms with van der Waals surface area (Å²) in [6.07, 6.45) is 7.97. The van der Waals surface area contributed by atoms with Crippen molar-refractivity contribution in [3.05, 3.63) is 77.5 Å². The molecule has 0 aliphatic heterocycles. The summed E-state index contributed by atoms with van der Waals surface area (Å²) >= 11 is 3.32. The van der Waals surface area contributed by atoms with Crippen molar-refractivity contribution in [3.8, 4) is 0 Å². The third-order valence-corrected chi connectivity index (χ3v) is 5.73. The minimum atomic E-state index is -3.85. The van der Waals surface area contributed by atoms with E-state index < -0.39 is 15.9 Å². The summed E-state index contributed by atoms with van der Waals surface area (Å²) in [5.41, 5.74) is 0.635. The Morgan fingerprint density at radius 1 is 1.06 bits per heavy atom. The number of hydrogen-bond acceptors (Lipinski definition) is 7. The zero-order valence-electron chi connectivity index (χ0n) is 15.8. The van der Waals surface area contributed by atoms with Gasteiger partial charge in [0.25, 0.3) is 15.9 Å². The number of anilines is 2. The molecule has 3 aromatic heterocycles. The van der Waals surface area contributed by atoms with Gasteiger partial charge >= 0.3 is 0 Å². The quantitative estimate of drug-likeness (QED) is 0.395. The highest BCUT2D eigenvalue weighted by Gasteiger charge is 2.16. The monoisotopic (exact) mass is 502 g/mol. The van der Waals surface area contributed by atoms with Crippen molar-refractivity contribution >= 4 is 43.5 Å². The molecule has 4 aromatic rings. The molecule has 1 amide bonds. The average molecular weight is 503 g/mol. The van der Waals surface area contributed by atoms with Crippen molar-refractivity contribution in [2.24, 2.45) is 0 Å². The predicted octanol–water partition coefficient (Wildman–Crippen LogP) is 2.19.